The van der Waals surface area contributed by atoms with Crippen LogP contribution < -0.4 is 0 Å². The second-order valence-electron chi connectivity index (χ2n) is 6.35. The second-order valence-corrected chi connectivity index (χ2v) is 6.35. The van der Waals surface area contributed by atoms with E-state index in [9.17, 15) is 0 Å². The SMILES string of the molecule is C1CCCC(C2CCCC3CCC32)CC1. The van der Waals surface area contributed by atoms with Gasteiger partial charge in [0.25, 0.3) is 0 Å². The molecule has 0 amide bonds. The molecule has 0 aliphatic heterocycles. The van der Waals surface area contributed by atoms with E-state index >= 15 is 0 Å². The van der Waals surface area contributed by atoms with Crippen LogP contribution in [0.5, 0.6) is 0 Å². The van der Waals surface area contributed by atoms with Gasteiger partial charge in [-0.3, -0.25) is 0 Å². The van der Waals surface area contributed by atoms with Crippen molar-refractivity contribution < 1.29 is 0 Å². The van der Waals surface area contributed by atoms with Crippen LogP contribution in [0, 0.1) is 23.7 Å². The predicted octanol–water partition coefficient (Wildman–Crippen LogP) is 4.78. The normalized spacial score (nSPS) is 42.8. The molecule has 3 unspecified atom stereocenters. The van der Waals surface area contributed by atoms with Gasteiger partial charge in [0.05, 0.1) is 0 Å². The van der Waals surface area contributed by atoms with E-state index in [4.69, 9.17) is 0 Å². The molecule has 0 saturated heterocycles. The maximum Gasteiger partial charge on any atom is -0.0355 e. The Hall–Kier alpha value is 0. The van der Waals surface area contributed by atoms with Crippen LogP contribution in [-0.4, -0.2) is 0 Å². The zero-order valence-corrected chi connectivity index (χ0v) is 10.1. The van der Waals surface area contributed by atoms with E-state index in [0.717, 1.165) is 11.8 Å². The topological polar surface area (TPSA) is 0 Å². The first-order chi connectivity index (χ1) is 7.45. The van der Waals surface area contributed by atoms with Crippen molar-refractivity contribution in [1.29, 1.82) is 0 Å². The Morgan fingerprint density at radius 2 is 1.00 bits per heavy atom. The Labute approximate surface area is 94.8 Å². The van der Waals surface area contributed by atoms with Crippen LogP contribution in [0.2, 0.25) is 0 Å². The van der Waals surface area contributed by atoms with Gasteiger partial charge in [-0.15, -0.1) is 0 Å². The maximum atomic E-state index is 1.59. The summed E-state index contributed by atoms with van der Waals surface area (Å²) >= 11 is 0. The molecule has 0 heteroatoms. The van der Waals surface area contributed by atoms with Crippen LogP contribution in [0.3, 0.4) is 0 Å². The Morgan fingerprint density at radius 3 is 1.67 bits per heavy atom. The standard InChI is InChI=1S/C15H26/c1-2-4-7-12(6-3-1)14-9-5-8-13-10-11-15(13)14/h12-15H,1-11H2. The largest absolute Gasteiger partial charge is 0.0533 e. The fourth-order valence-corrected chi connectivity index (χ4v) is 4.67. The first-order valence-corrected chi connectivity index (χ1v) is 7.45. The molecule has 15 heavy (non-hydrogen) atoms. The fraction of sp³-hybridized carbons (Fsp3) is 1.00. The van der Waals surface area contributed by atoms with E-state index in [1.165, 1.54) is 24.7 Å². The van der Waals surface area contributed by atoms with E-state index in [0.29, 0.717) is 0 Å². The molecule has 0 radical (unpaired) electrons. The number of hydrogen-bond donors (Lipinski definition) is 0. The van der Waals surface area contributed by atoms with Crippen LogP contribution in [0.15, 0.2) is 0 Å². The minimum absolute atomic E-state index is 1.14. The van der Waals surface area contributed by atoms with E-state index in [-0.39, 0.29) is 0 Å². The molecular weight excluding hydrogens is 180 g/mol. The summed E-state index contributed by atoms with van der Waals surface area (Å²) in [7, 11) is 0. The van der Waals surface area contributed by atoms with Crippen molar-refractivity contribution in [3.63, 3.8) is 0 Å². The van der Waals surface area contributed by atoms with Gasteiger partial charge in [0.15, 0.2) is 0 Å². The summed E-state index contributed by atoms with van der Waals surface area (Å²) in [6, 6.07) is 0. The summed E-state index contributed by atoms with van der Waals surface area (Å²) in [5.41, 5.74) is 0. The lowest BCUT2D eigenvalue weighted by molar-refractivity contribution is 0.0151. The van der Waals surface area contributed by atoms with Gasteiger partial charge in [0, 0.05) is 0 Å². The highest BCUT2D eigenvalue weighted by Gasteiger charge is 2.42. The van der Waals surface area contributed by atoms with Crippen LogP contribution in [-0.2, 0) is 0 Å². The molecule has 0 aromatic rings. The van der Waals surface area contributed by atoms with Crippen LogP contribution in [0.25, 0.3) is 0 Å². The maximum absolute atomic E-state index is 1.59. The van der Waals surface area contributed by atoms with E-state index in [2.05, 4.69) is 0 Å². The summed E-state index contributed by atoms with van der Waals surface area (Å²) in [6.45, 7) is 0. The van der Waals surface area contributed by atoms with Gasteiger partial charge in [0.1, 0.15) is 0 Å². The van der Waals surface area contributed by atoms with Gasteiger partial charge in [-0.2, -0.15) is 0 Å². The molecule has 3 aliphatic rings. The van der Waals surface area contributed by atoms with E-state index in [1.54, 1.807) is 57.8 Å². The average molecular weight is 206 g/mol. The monoisotopic (exact) mass is 206 g/mol. The molecule has 0 N–H and O–H groups in total. The van der Waals surface area contributed by atoms with Gasteiger partial charge in [-0.1, -0.05) is 51.4 Å². The second kappa shape index (κ2) is 4.47. The quantitative estimate of drug-likeness (QED) is 0.541. The summed E-state index contributed by atoms with van der Waals surface area (Å²) < 4.78 is 0. The summed E-state index contributed by atoms with van der Waals surface area (Å²) in [6.07, 6.45) is 17.2. The van der Waals surface area contributed by atoms with Gasteiger partial charge in [-0.25, -0.2) is 0 Å². The Balaban J connectivity index is 1.63. The van der Waals surface area contributed by atoms with E-state index in [1.807, 2.05) is 0 Å². The molecule has 0 bridgehead atoms. The molecule has 0 spiro atoms. The Kier molecular flexibility index (Phi) is 3.03. The van der Waals surface area contributed by atoms with Crippen molar-refractivity contribution in [2.75, 3.05) is 0 Å². The zero-order chi connectivity index (χ0) is 10.1. The molecule has 3 rings (SSSR count). The highest BCUT2D eigenvalue weighted by atomic mass is 14.5. The van der Waals surface area contributed by atoms with Gasteiger partial charge in [-0.05, 0) is 42.9 Å². The molecule has 0 nitrogen and oxygen atoms in total. The molecule has 0 aromatic carbocycles. The predicted molar refractivity (Wildman–Crippen MR) is 64.7 cm³/mol. The highest BCUT2D eigenvalue weighted by molar-refractivity contribution is 4.92. The van der Waals surface area contributed by atoms with Crippen molar-refractivity contribution in [3.05, 3.63) is 0 Å². The minimum atomic E-state index is 1.14. The summed E-state index contributed by atoms with van der Waals surface area (Å²) in [5, 5.41) is 0. The number of fused-ring (bicyclic) bond motifs is 1. The van der Waals surface area contributed by atoms with Crippen molar-refractivity contribution >= 4 is 0 Å². The van der Waals surface area contributed by atoms with Crippen LogP contribution in [0.1, 0.15) is 70.6 Å². The number of hydrogen-bond acceptors (Lipinski definition) is 0. The van der Waals surface area contributed by atoms with Crippen molar-refractivity contribution in [1.82, 2.24) is 0 Å². The lowest BCUT2D eigenvalue weighted by atomic mass is 9.57. The average Bonchev–Trinajstić information content (AvgIpc) is 2.47. The highest BCUT2D eigenvalue weighted by Crippen LogP contribution is 2.52. The summed E-state index contributed by atoms with van der Waals surface area (Å²) in [4.78, 5) is 0. The van der Waals surface area contributed by atoms with E-state index < -0.39 is 0 Å². The molecule has 3 aliphatic carbocycles. The Bertz CT molecular complexity index is 200. The zero-order valence-electron chi connectivity index (χ0n) is 10.1. The lowest BCUT2D eigenvalue weighted by Gasteiger charge is -2.49. The molecule has 86 valence electrons. The van der Waals surface area contributed by atoms with Crippen molar-refractivity contribution in [3.8, 4) is 0 Å². The lowest BCUT2D eigenvalue weighted by Crippen LogP contribution is -2.39. The fourth-order valence-electron chi connectivity index (χ4n) is 4.67. The third-order valence-corrected chi connectivity index (χ3v) is 5.64. The molecule has 3 fully saturated rings. The molecule has 3 saturated carbocycles. The first-order valence-electron chi connectivity index (χ1n) is 7.45. The van der Waals surface area contributed by atoms with Crippen molar-refractivity contribution in [2.45, 2.75) is 70.6 Å². The van der Waals surface area contributed by atoms with Crippen LogP contribution >= 0.6 is 0 Å². The van der Waals surface area contributed by atoms with Crippen LogP contribution in [0.4, 0.5) is 0 Å². The molecule has 0 heterocycles. The smallest absolute Gasteiger partial charge is 0.0355 e. The van der Waals surface area contributed by atoms with Gasteiger partial charge < -0.3 is 0 Å². The Morgan fingerprint density at radius 1 is 0.400 bits per heavy atom. The minimum Gasteiger partial charge on any atom is -0.0533 e. The number of rotatable bonds is 1. The third kappa shape index (κ3) is 1.97. The van der Waals surface area contributed by atoms with Crippen molar-refractivity contribution in [2.24, 2.45) is 23.7 Å². The molecule has 3 atom stereocenters. The molecule has 0 aromatic heterocycles. The summed E-state index contributed by atoms with van der Waals surface area (Å²) in [5.74, 6) is 4.66. The van der Waals surface area contributed by atoms with Gasteiger partial charge in [0.2, 0.25) is 0 Å². The molecular formula is C15H26. The third-order valence-electron chi connectivity index (χ3n) is 5.64. The van der Waals surface area contributed by atoms with Gasteiger partial charge >= 0.3 is 0 Å². The first kappa shape index (κ1) is 10.2.